The fourth-order valence-electron chi connectivity index (χ4n) is 3.73. The minimum absolute atomic E-state index is 0.0110. The van der Waals surface area contributed by atoms with E-state index in [-0.39, 0.29) is 16.9 Å². The molecule has 0 saturated carbocycles. The molecule has 2 aliphatic rings. The average molecular weight is 475 g/mol. The Balaban J connectivity index is 1.48. The molecule has 2 atom stereocenters. The van der Waals surface area contributed by atoms with Crippen LogP contribution in [0, 0.1) is 0 Å². The standard InChI is InChI=1S/C25H26N6O4/c1-14-20(22(32)30(28-14)18-10-6-16(7-11-18)24(34)35)26-27-21-15(2)29-31(23(21)33)19-12-8-17(9-13-19)25(3,4)5/h6-13,20-21H,1-5H3,(H,34,35)/b27-26+. The van der Waals surface area contributed by atoms with Crippen molar-refractivity contribution >= 4 is 40.6 Å². The molecule has 2 aromatic carbocycles. The predicted octanol–water partition coefficient (Wildman–Crippen LogP) is 4.02. The summed E-state index contributed by atoms with van der Waals surface area (Å²) in [5.41, 5.74) is 3.16. The molecule has 4 rings (SSSR count). The zero-order valence-corrected chi connectivity index (χ0v) is 20.1. The third kappa shape index (κ3) is 4.59. The van der Waals surface area contributed by atoms with Gasteiger partial charge in [-0.1, -0.05) is 32.9 Å². The van der Waals surface area contributed by atoms with Gasteiger partial charge >= 0.3 is 5.97 Å². The molecule has 2 amide bonds. The van der Waals surface area contributed by atoms with E-state index in [0.29, 0.717) is 22.8 Å². The predicted molar refractivity (Wildman–Crippen MR) is 132 cm³/mol. The van der Waals surface area contributed by atoms with Crippen molar-refractivity contribution in [1.82, 2.24) is 0 Å². The van der Waals surface area contributed by atoms with Crippen LogP contribution in [-0.4, -0.2) is 46.4 Å². The molecular weight excluding hydrogens is 448 g/mol. The van der Waals surface area contributed by atoms with Gasteiger partial charge in [-0.05, 0) is 61.2 Å². The molecule has 35 heavy (non-hydrogen) atoms. The summed E-state index contributed by atoms with van der Waals surface area (Å²) < 4.78 is 0. The first-order chi connectivity index (χ1) is 16.5. The molecule has 0 fully saturated rings. The van der Waals surface area contributed by atoms with Gasteiger partial charge in [-0.15, -0.1) is 0 Å². The number of aromatic carboxylic acids is 1. The van der Waals surface area contributed by atoms with Gasteiger partial charge in [-0.3, -0.25) is 9.59 Å². The highest BCUT2D eigenvalue weighted by Gasteiger charge is 2.38. The number of carboxylic acid groups (broad SMARTS) is 1. The van der Waals surface area contributed by atoms with Gasteiger partial charge in [-0.25, -0.2) is 4.79 Å². The van der Waals surface area contributed by atoms with Crippen LogP contribution in [0.4, 0.5) is 11.4 Å². The Morgan fingerprint density at radius 3 is 1.57 bits per heavy atom. The van der Waals surface area contributed by atoms with E-state index in [4.69, 9.17) is 5.11 Å². The number of hydrogen-bond acceptors (Lipinski definition) is 7. The van der Waals surface area contributed by atoms with Crippen molar-refractivity contribution in [3.8, 4) is 0 Å². The van der Waals surface area contributed by atoms with Crippen molar-refractivity contribution < 1.29 is 19.5 Å². The third-order valence-electron chi connectivity index (χ3n) is 5.83. The highest BCUT2D eigenvalue weighted by molar-refractivity contribution is 6.19. The molecule has 0 bridgehead atoms. The van der Waals surface area contributed by atoms with Crippen molar-refractivity contribution in [3.05, 3.63) is 59.7 Å². The van der Waals surface area contributed by atoms with E-state index in [1.807, 2.05) is 24.3 Å². The van der Waals surface area contributed by atoms with Crippen LogP contribution in [0.1, 0.15) is 50.5 Å². The number of anilines is 2. The summed E-state index contributed by atoms with van der Waals surface area (Å²) in [6.07, 6.45) is 0. The van der Waals surface area contributed by atoms with Crippen LogP contribution >= 0.6 is 0 Å². The lowest BCUT2D eigenvalue weighted by Crippen LogP contribution is -2.32. The first kappa shape index (κ1) is 23.9. The van der Waals surface area contributed by atoms with Crippen LogP contribution in [0.15, 0.2) is 69.0 Å². The molecule has 0 saturated heterocycles. The molecular formula is C25H26N6O4. The highest BCUT2D eigenvalue weighted by Crippen LogP contribution is 2.28. The van der Waals surface area contributed by atoms with E-state index in [9.17, 15) is 14.4 Å². The van der Waals surface area contributed by atoms with Crippen molar-refractivity contribution in [3.63, 3.8) is 0 Å². The summed E-state index contributed by atoms with van der Waals surface area (Å²) in [6.45, 7) is 9.68. The second kappa shape index (κ2) is 8.86. The van der Waals surface area contributed by atoms with Crippen molar-refractivity contribution in [2.75, 3.05) is 10.0 Å². The molecule has 0 radical (unpaired) electrons. The summed E-state index contributed by atoms with van der Waals surface area (Å²) in [5, 5.41) is 28.4. The zero-order chi connectivity index (χ0) is 25.5. The number of benzene rings is 2. The number of hydrazone groups is 2. The lowest BCUT2D eigenvalue weighted by atomic mass is 9.87. The molecule has 2 aliphatic heterocycles. The molecule has 2 unspecified atom stereocenters. The van der Waals surface area contributed by atoms with E-state index < -0.39 is 24.0 Å². The van der Waals surface area contributed by atoms with Gasteiger partial charge in [0.2, 0.25) is 0 Å². The quantitative estimate of drug-likeness (QED) is 0.657. The van der Waals surface area contributed by atoms with Crippen LogP contribution < -0.4 is 10.0 Å². The van der Waals surface area contributed by atoms with Crippen molar-refractivity contribution in [1.29, 1.82) is 0 Å². The van der Waals surface area contributed by atoms with Crippen LogP contribution in [0.2, 0.25) is 0 Å². The summed E-state index contributed by atoms with van der Waals surface area (Å²) in [6, 6.07) is 11.5. The van der Waals surface area contributed by atoms with Gasteiger partial charge in [0.1, 0.15) is 0 Å². The maximum absolute atomic E-state index is 13.0. The minimum Gasteiger partial charge on any atom is -0.478 e. The largest absolute Gasteiger partial charge is 0.478 e. The first-order valence-corrected chi connectivity index (χ1v) is 11.1. The fraction of sp³-hybridized carbons (Fsp3) is 0.320. The van der Waals surface area contributed by atoms with Gasteiger partial charge in [0, 0.05) is 0 Å². The Morgan fingerprint density at radius 1 is 0.800 bits per heavy atom. The number of carbonyl (C=O) groups excluding carboxylic acids is 2. The molecule has 0 aromatic heterocycles. The number of azo groups is 1. The summed E-state index contributed by atoms with van der Waals surface area (Å²) in [7, 11) is 0. The molecule has 10 nitrogen and oxygen atoms in total. The van der Waals surface area contributed by atoms with Gasteiger partial charge in [-0.2, -0.15) is 30.4 Å². The van der Waals surface area contributed by atoms with Gasteiger partial charge in [0.05, 0.1) is 28.4 Å². The number of carbonyl (C=O) groups is 3. The van der Waals surface area contributed by atoms with Crippen LogP contribution in [0.5, 0.6) is 0 Å². The van der Waals surface area contributed by atoms with Crippen LogP contribution in [-0.2, 0) is 15.0 Å². The van der Waals surface area contributed by atoms with Gasteiger partial charge in [0.15, 0.2) is 12.1 Å². The molecule has 1 N–H and O–H groups in total. The van der Waals surface area contributed by atoms with Crippen LogP contribution in [0.25, 0.3) is 0 Å². The molecule has 0 aliphatic carbocycles. The zero-order valence-electron chi connectivity index (χ0n) is 20.1. The molecule has 0 spiro atoms. The second-order valence-corrected chi connectivity index (χ2v) is 9.47. The number of nitrogens with zero attached hydrogens (tertiary/aromatic N) is 6. The van der Waals surface area contributed by atoms with E-state index in [2.05, 4.69) is 41.2 Å². The van der Waals surface area contributed by atoms with E-state index >= 15 is 0 Å². The maximum atomic E-state index is 13.0. The normalized spacial score (nSPS) is 20.6. The highest BCUT2D eigenvalue weighted by atomic mass is 16.4. The minimum atomic E-state index is -1.06. The van der Waals surface area contributed by atoms with Crippen molar-refractivity contribution in [2.24, 2.45) is 20.4 Å². The Labute approximate surface area is 202 Å². The number of hydrogen-bond donors (Lipinski definition) is 1. The number of rotatable bonds is 5. The molecule has 2 heterocycles. The fourth-order valence-corrected chi connectivity index (χ4v) is 3.73. The number of carboxylic acids is 1. The monoisotopic (exact) mass is 474 g/mol. The first-order valence-electron chi connectivity index (χ1n) is 11.1. The summed E-state index contributed by atoms with van der Waals surface area (Å²) in [5.74, 6) is -1.85. The van der Waals surface area contributed by atoms with E-state index in [0.717, 1.165) is 10.6 Å². The molecule has 10 heteroatoms. The van der Waals surface area contributed by atoms with E-state index in [1.165, 1.54) is 29.3 Å². The second-order valence-electron chi connectivity index (χ2n) is 9.47. The lowest BCUT2D eigenvalue weighted by Gasteiger charge is -2.20. The Morgan fingerprint density at radius 2 is 1.20 bits per heavy atom. The number of amides is 2. The van der Waals surface area contributed by atoms with Crippen molar-refractivity contribution in [2.45, 2.75) is 52.1 Å². The SMILES string of the molecule is CC1=NN(c2ccc(C(=O)O)cc2)C(=O)C1/N=N/C1C(=O)N(c2ccc(C(C)(C)C)cc2)N=C1C. The van der Waals surface area contributed by atoms with E-state index in [1.54, 1.807) is 13.8 Å². The summed E-state index contributed by atoms with van der Waals surface area (Å²) >= 11 is 0. The Hall–Kier alpha value is -4.21. The third-order valence-corrected chi connectivity index (χ3v) is 5.83. The molecule has 2 aromatic rings. The topological polar surface area (TPSA) is 127 Å². The molecule has 180 valence electrons. The average Bonchev–Trinajstić information content (AvgIpc) is 3.26. The van der Waals surface area contributed by atoms with Gasteiger partial charge < -0.3 is 5.11 Å². The summed E-state index contributed by atoms with van der Waals surface area (Å²) in [4.78, 5) is 37.0. The van der Waals surface area contributed by atoms with Gasteiger partial charge in [0.25, 0.3) is 11.8 Å². The van der Waals surface area contributed by atoms with Crippen LogP contribution in [0.3, 0.4) is 0 Å². The maximum Gasteiger partial charge on any atom is 0.335 e. The smallest absolute Gasteiger partial charge is 0.335 e. The Kier molecular flexibility index (Phi) is 6.06. The Bertz CT molecular complexity index is 1270. The lowest BCUT2D eigenvalue weighted by molar-refractivity contribution is -0.119.